The number of anilines is 1. The summed E-state index contributed by atoms with van der Waals surface area (Å²) in [4.78, 5) is 30.6. The van der Waals surface area contributed by atoms with Gasteiger partial charge in [0.25, 0.3) is 5.56 Å². The number of rotatable bonds is 7. The highest BCUT2D eigenvalue weighted by Crippen LogP contribution is 2.25. The van der Waals surface area contributed by atoms with Gasteiger partial charge in [0.1, 0.15) is 5.69 Å². The molecule has 0 saturated carbocycles. The monoisotopic (exact) mass is 342 g/mol. The molecule has 1 N–H and O–H groups in total. The van der Waals surface area contributed by atoms with Crippen LogP contribution in [0.3, 0.4) is 0 Å². The minimum absolute atomic E-state index is 0.117. The maximum Gasteiger partial charge on any atom is 0.272 e. The summed E-state index contributed by atoms with van der Waals surface area (Å²) >= 11 is 0. The third-order valence-corrected chi connectivity index (χ3v) is 4.38. The van der Waals surface area contributed by atoms with E-state index in [2.05, 4.69) is 4.98 Å². The summed E-state index contributed by atoms with van der Waals surface area (Å²) in [7, 11) is 3.43. The van der Waals surface area contributed by atoms with Gasteiger partial charge < -0.3 is 14.6 Å². The van der Waals surface area contributed by atoms with Gasteiger partial charge in [-0.3, -0.25) is 9.59 Å². The van der Waals surface area contributed by atoms with Crippen LogP contribution in [-0.4, -0.2) is 38.1 Å². The third kappa shape index (κ3) is 3.99. The molecule has 1 heterocycles. The number of aromatic nitrogens is 1. The highest BCUT2D eigenvalue weighted by atomic mass is 16.5. The molecule has 5 heteroatoms. The molecule has 0 spiro atoms. The molecule has 0 aliphatic carbocycles. The van der Waals surface area contributed by atoms with Crippen LogP contribution in [0.4, 0.5) is 5.69 Å². The van der Waals surface area contributed by atoms with Crippen LogP contribution in [0, 0.1) is 13.8 Å². The lowest BCUT2D eigenvalue weighted by Gasteiger charge is -2.23. The average molecular weight is 342 g/mol. The van der Waals surface area contributed by atoms with E-state index < -0.39 is 0 Å². The molecule has 0 atom stereocenters. The Hall–Kier alpha value is -2.40. The Bertz CT molecular complexity index is 824. The Labute approximate surface area is 148 Å². The van der Waals surface area contributed by atoms with Crippen molar-refractivity contribution in [2.45, 2.75) is 27.2 Å². The fourth-order valence-electron chi connectivity index (χ4n) is 3.07. The highest BCUT2D eigenvalue weighted by molar-refractivity contribution is 6.13. The zero-order chi connectivity index (χ0) is 18.6. The molecule has 2 rings (SSSR count). The lowest BCUT2D eigenvalue weighted by molar-refractivity contribution is 0.103. The van der Waals surface area contributed by atoms with Crippen molar-refractivity contribution >= 4 is 11.5 Å². The molecule has 0 saturated heterocycles. The van der Waals surface area contributed by atoms with Crippen molar-refractivity contribution < 1.29 is 9.53 Å². The molecular formula is C20H26N2O3. The van der Waals surface area contributed by atoms with E-state index in [1.807, 2.05) is 46.0 Å². The topological polar surface area (TPSA) is 62.4 Å². The van der Waals surface area contributed by atoms with Crippen LogP contribution < -0.4 is 10.5 Å². The first-order valence-electron chi connectivity index (χ1n) is 8.47. The van der Waals surface area contributed by atoms with E-state index in [0.717, 1.165) is 16.8 Å². The SMILES string of the molecule is CCc1c(C)[nH]c(=O)c(N(C)CCOC)c1C(=O)c1cccc(C)c1. The number of ketones is 1. The van der Waals surface area contributed by atoms with Gasteiger partial charge in [0, 0.05) is 32.0 Å². The fourth-order valence-corrected chi connectivity index (χ4v) is 3.07. The highest BCUT2D eigenvalue weighted by Gasteiger charge is 2.24. The summed E-state index contributed by atoms with van der Waals surface area (Å²) in [5.74, 6) is -0.117. The lowest BCUT2D eigenvalue weighted by atomic mass is 9.94. The number of aromatic amines is 1. The van der Waals surface area contributed by atoms with E-state index in [0.29, 0.717) is 36.4 Å². The first-order valence-corrected chi connectivity index (χ1v) is 8.47. The van der Waals surface area contributed by atoms with E-state index >= 15 is 0 Å². The van der Waals surface area contributed by atoms with E-state index in [4.69, 9.17) is 4.74 Å². The normalized spacial score (nSPS) is 10.8. The van der Waals surface area contributed by atoms with Gasteiger partial charge in [0.2, 0.25) is 0 Å². The lowest BCUT2D eigenvalue weighted by Crippen LogP contribution is -2.32. The number of nitrogens with zero attached hydrogens (tertiary/aromatic N) is 1. The zero-order valence-electron chi connectivity index (χ0n) is 15.6. The second-order valence-corrected chi connectivity index (χ2v) is 6.25. The number of methoxy groups -OCH3 is 1. The van der Waals surface area contributed by atoms with Crippen LogP contribution >= 0.6 is 0 Å². The van der Waals surface area contributed by atoms with Gasteiger partial charge in [0.05, 0.1) is 12.2 Å². The number of likely N-dealkylation sites (N-methyl/N-ethyl adjacent to an activating group) is 1. The summed E-state index contributed by atoms with van der Waals surface area (Å²) in [6, 6.07) is 7.47. The number of ether oxygens (including phenoxy) is 1. The van der Waals surface area contributed by atoms with Gasteiger partial charge in [-0.2, -0.15) is 0 Å². The zero-order valence-corrected chi connectivity index (χ0v) is 15.6. The summed E-state index contributed by atoms with van der Waals surface area (Å²) in [5, 5.41) is 0. The Morgan fingerprint density at radius 1 is 1.28 bits per heavy atom. The van der Waals surface area contributed by atoms with E-state index in [1.165, 1.54) is 0 Å². The number of benzene rings is 1. The molecule has 2 aromatic rings. The first kappa shape index (κ1) is 18.9. The summed E-state index contributed by atoms with van der Waals surface area (Å²) in [6.07, 6.45) is 0.667. The number of hydrogen-bond donors (Lipinski definition) is 1. The largest absolute Gasteiger partial charge is 0.383 e. The van der Waals surface area contributed by atoms with Crippen LogP contribution in [0.15, 0.2) is 29.1 Å². The van der Waals surface area contributed by atoms with Crippen molar-refractivity contribution in [3.05, 3.63) is 62.6 Å². The van der Waals surface area contributed by atoms with Crippen molar-refractivity contribution in [3.8, 4) is 0 Å². The molecule has 25 heavy (non-hydrogen) atoms. The third-order valence-electron chi connectivity index (χ3n) is 4.38. The fraction of sp³-hybridized carbons (Fsp3) is 0.400. The van der Waals surface area contributed by atoms with E-state index in [-0.39, 0.29) is 11.3 Å². The van der Waals surface area contributed by atoms with Crippen LogP contribution in [0.1, 0.15) is 39.7 Å². The number of hydrogen-bond acceptors (Lipinski definition) is 4. The smallest absolute Gasteiger partial charge is 0.272 e. The maximum atomic E-state index is 13.3. The van der Waals surface area contributed by atoms with Crippen molar-refractivity contribution in [1.82, 2.24) is 4.98 Å². The van der Waals surface area contributed by atoms with Crippen LogP contribution in [0.25, 0.3) is 0 Å². The van der Waals surface area contributed by atoms with E-state index in [1.54, 1.807) is 18.1 Å². The molecular weight excluding hydrogens is 316 g/mol. The van der Waals surface area contributed by atoms with Crippen LogP contribution in [0.5, 0.6) is 0 Å². The van der Waals surface area contributed by atoms with E-state index in [9.17, 15) is 9.59 Å². The summed E-state index contributed by atoms with van der Waals surface area (Å²) < 4.78 is 5.12. The standard InChI is InChI=1S/C20H26N2O3/c1-6-16-14(3)21-20(24)18(22(4)10-11-25-5)17(16)19(23)15-9-7-8-13(2)12-15/h7-9,12H,6,10-11H2,1-5H3,(H,21,24). The van der Waals surface area contributed by atoms with Crippen LogP contribution in [-0.2, 0) is 11.2 Å². The number of H-pyrrole nitrogens is 1. The van der Waals surface area contributed by atoms with Crippen molar-refractivity contribution in [1.29, 1.82) is 0 Å². The number of nitrogens with one attached hydrogen (secondary N) is 1. The second kappa shape index (κ2) is 8.12. The van der Waals surface area contributed by atoms with Gasteiger partial charge >= 0.3 is 0 Å². The maximum absolute atomic E-state index is 13.3. The minimum Gasteiger partial charge on any atom is -0.383 e. The Kier molecular flexibility index (Phi) is 6.15. The second-order valence-electron chi connectivity index (χ2n) is 6.25. The summed E-state index contributed by atoms with van der Waals surface area (Å²) in [5.41, 5.74) is 3.89. The minimum atomic E-state index is -0.246. The molecule has 0 radical (unpaired) electrons. The van der Waals surface area contributed by atoms with Crippen molar-refractivity contribution in [2.75, 3.05) is 32.2 Å². The Morgan fingerprint density at radius 3 is 2.60 bits per heavy atom. The Balaban J connectivity index is 2.68. The molecule has 0 unspecified atom stereocenters. The number of pyridine rings is 1. The van der Waals surface area contributed by atoms with Gasteiger partial charge in [-0.15, -0.1) is 0 Å². The molecule has 0 fully saturated rings. The number of carbonyl (C=O) groups excluding carboxylic acids is 1. The molecule has 5 nitrogen and oxygen atoms in total. The molecule has 134 valence electrons. The predicted molar refractivity (Wildman–Crippen MR) is 101 cm³/mol. The average Bonchev–Trinajstić information content (AvgIpc) is 2.58. The Morgan fingerprint density at radius 2 is 2.00 bits per heavy atom. The van der Waals surface area contributed by atoms with Crippen LogP contribution in [0.2, 0.25) is 0 Å². The molecule has 0 aliphatic heterocycles. The molecule has 0 bridgehead atoms. The molecule has 0 amide bonds. The quantitative estimate of drug-likeness (QED) is 0.786. The predicted octanol–water partition coefficient (Wildman–Crippen LogP) is 2.87. The van der Waals surface area contributed by atoms with Gasteiger partial charge in [-0.05, 0) is 31.9 Å². The first-order chi connectivity index (χ1) is 11.9. The molecule has 0 aliphatic rings. The van der Waals surface area contributed by atoms with Gasteiger partial charge in [-0.1, -0.05) is 30.7 Å². The van der Waals surface area contributed by atoms with Gasteiger partial charge in [0.15, 0.2) is 5.78 Å². The van der Waals surface area contributed by atoms with Crippen molar-refractivity contribution in [2.24, 2.45) is 0 Å². The summed E-state index contributed by atoms with van der Waals surface area (Å²) in [6.45, 7) is 6.79. The number of aryl methyl sites for hydroxylation is 2. The van der Waals surface area contributed by atoms with Gasteiger partial charge in [-0.25, -0.2) is 0 Å². The number of carbonyl (C=O) groups is 1. The van der Waals surface area contributed by atoms with Crippen molar-refractivity contribution in [3.63, 3.8) is 0 Å². The molecule has 1 aromatic heterocycles. The molecule has 1 aromatic carbocycles.